The molecule has 3 rings (SSSR count). The van der Waals surface area contributed by atoms with Crippen molar-refractivity contribution in [3.8, 4) is 0 Å². The summed E-state index contributed by atoms with van der Waals surface area (Å²) in [5.41, 5.74) is 1.14. The molecule has 0 aliphatic rings. The molecule has 0 radical (unpaired) electrons. The summed E-state index contributed by atoms with van der Waals surface area (Å²) in [6, 6.07) is 10.3. The first kappa shape index (κ1) is 13.1. The summed E-state index contributed by atoms with van der Waals surface area (Å²) in [4.78, 5) is 23.8. The fourth-order valence-electron chi connectivity index (χ4n) is 2.17. The Morgan fingerprint density at radius 1 is 1.14 bits per heavy atom. The number of para-hydroxylation sites is 1. The summed E-state index contributed by atoms with van der Waals surface area (Å²) in [6.07, 6.45) is 0. The third-order valence-corrected chi connectivity index (χ3v) is 3.19. The Balaban J connectivity index is 2.05. The monoisotopic (exact) mass is 284 g/mol. The van der Waals surface area contributed by atoms with E-state index in [0.29, 0.717) is 5.69 Å². The van der Waals surface area contributed by atoms with Crippen LogP contribution in [-0.4, -0.2) is 28.6 Å². The van der Waals surface area contributed by atoms with Gasteiger partial charge >= 0.3 is 5.97 Å². The number of methoxy groups -OCH3 is 1. The highest BCUT2D eigenvalue weighted by molar-refractivity contribution is 6.13. The van der Waals surface area contributed by atoms with Crippen LogP contribution in [0.3, 0.4) is 0 Å². The van der Waals surface area contributed by atoms with Crippen LogP contribution in [0.1, 0.15) is 26.8 Å². The van der Waals surface area contributed by atoms with Gasteiger partial charge in [0.05, 0.1) is 12.6 Å². The van der Waals surface area contributed by atoms with Gasteiger partial charge in [0.25, 0.3) is 0 Å². The summed E-state index contributed by atoms with van der Waals surface area (Å²) in [6.45, 7) is 0. The fourth-order valence-corrected chi connectivity index (χ4v) is 2.17. The van der Waals surface area contributed by atoms with E-state index in [-0.39, 0.29) is 17.3 Å². The van der Waals surface area contributed by atoms with E-state index in [1.54, 1.807) is 11.7 Å². The smallest absolute Gasteiger partial charge is 0.373 e. The number of carbonyl (C=O) groups excluding carboxylic acids is 2. The number of aromatic nitrogens is 2. The number of ketones is 1. The Hall–Kier alpha value is -2.89. The molecule has 0 saturated heterocycles. The third kappa shape index (κ3) is 2.10. The van der Waals surface area contributed by atoms with Crippen molar-refractivity contribution >= 4 is 22.7 Å². The highest BCUT2D eigenvalue weighted by Gasteiger charge is 2.22. The van der Waals surface area contributed by atoms with Gasteiger partial charge in [-0.15, -0.1) is 0 Å². The lowest BCUT2D eigenvalue weighted by Crippen LogP contribution is -2.03. The minimum Gasteiger partial charge on any atom is -0.463 e. The normalized spacial score (nSPS) is 10.8. The number of nitrogens with zero attached hydrogens (tertiary/aromatic N) is 2. The van der Waals surface area contributed by atoms with Gasteiger partial charge in [-0.1, -0.05) is 18.2 Å². The summed E-state index contributed by atoms with van der Waals surface area (Å²) < 4.78 is 11.4. The minimum atomic E-state index is -0.625. The first-order valence-corrected chi connectivity index (χ1v) is 6.26. The number of esters is 1. The number of hydrogen-bond donors (Lipinski definition) is 0. The molecule has 3 aromatic rings. The topological polar surface area (TPSA) is 74.3 Å². The number of aryl methyl sites for hydroxylation is 1. The van der Waals surface area contributed by atoms with Crippen molar-refractivity contribution in [2.45, 2.75) is 0 Å². The molecule has 2 aromatic heterocycles. The summed E-state index contributed by atoms with van der Waals surface area (Å²) >= 11 is 0. The number of hydrogen-bond acceptors (Lipinski definition) is 5. The zero-order valence-electron chi connectivity index (χ0n) is 11.5. The summed E-state index contributed by atoms with van der Waals surface area (Å²) in [5, 5.41) is 4.97. The van der Waals surface area contributed by atoms with E-state index in [9.17, 15) is 9.59 Å². The van der Waals surface area contributed by atoms with Gasteiger partial charge < -0.3 is 9.15 Å². The standard InChI is InChI=1S/C15H12N2O4/c1-17-10-6-4-3-5-9(10)13(16-17)14(18)11-7-8-12(21-11)15(19)20-2/h3-8H,1-2H3. The molecule has 0 fully saturated rings. The molecule has 0 unspecified atom stereocenters. The molecule has 0 aliphatic carbocycles. The second kappa shape index (κ2) is 4.90. The van der Waals surface area contributed by atoms with Crippen LogP contribution >= 0.6 is 0 Å². The molecule has 2 heterocycles. The van der Waals surface area contributed by atoms with E-state index in [0.717, 1.165) is 10.9 Å². The first-order valence-electron chi connectivity index (χ1n) is 6.26. The van der Waals surface area contributed by atoms with Crippen LogP contribution in [0, 0.1) is 0 Å². The van der Waals surface area contributed by atoms with Crippen LogP contribution in [0.4, 0.5) is 0 Å². The Kier molecular flexibility index (Phi) is 3.06. The van der Waals surface area contributed by atoms with Gasteiger partial charge in [-0.25, -0.2) is 4.79 Å². The number of fused-ring (bicyclic) bond motifs is 1. The van der Waals surface area contributed by atoms with Crippen LogP contribution in [0.15, 0.2) is 40.8 Å². The van der Waals surface area contributed by atoms with Crippen molar-refractivity contribution in [1.29, 1.82) is 0 Å². The number of ether oxygens (including phenoxy) is 1. The lowest BCUT2D eigenvalue weighted by atomic mass is 10.1. The van der Waals surface area contributed by atoms with E-state index in [2.05, 4.69) is 9.84 Å². The predicted octanol–water partition coefficient (Wildman–Crippen LogP) is 2.18. The van der Waals surface area contributed by atoms with Crippen molar-refractivity contribution in [2.75, 3.05) is 7.11 Å². The van der Waals surface area contributed by atoms with Gasteiger partial charge in [0, 0.05) is 12.4 Å². The van der Waals surface area contributed by atoms with E-state index in [1.165, 1.54) is 19.2 Å². The van der Waals surface area contributed by atoms with Crippen molar-refractivity contribution in [2.24, 2.45) is 7.05 Å². The Morgan fingerprint density at radius 2 is 1.86 bits per heavy atom. The van der Waals surface area contributed by atoms with Gasteiger partial charge in [-0.05, 0) is 18.2 Å². The Bertz CT molecular complexity index is 844. The Labute approximate surface area is 119 Å². The van der Waals surface area contributed by atoms with Gasteiger partial charge in [-0.2, -0.15) is 5.10 Å². The van der Waals surface area contributed by atoms with Crippen molar-refractivity contribution < 1.29 is 18.7 Å². The molecule has 0 N–H and O–H groups in total. The molecular formula is C15H12N2O4. The van der Waals surface area contributed by atoms with Crippen LogP contribution in [0.2, 0.25) is 0 Å². The number of rotatable bonds is 3. The molecule has 0 aliphatic heterocycles. The first-order chi connectivity index (χ1) is 10.1. The van der Waals surface area contributed by atoms with E-state index < -0.39 is 5.97 Å². The van der Waals surface area contributed by atoms with Gasteiger partial charge in [0.15, 0.2) is 5.76 Å². The lowest BCUT2D eigenvalue weighted by molar-refractivity contribution is 0.0563. The van der Waals surface area contributed by atoms with Gasteiger partial charge in [0.1, 0.15) is 5.69 Å². The zero-order chi connectivity index (χ0) is 15.0. The highest BCUT2D eigenvalue weighted by atomic mass is 16.5. The largest absolute Gasteiger partial charge is 0.463 e. The molecule has 0 atom stereocenters. The quantitative estimate of drug-likeness (QED) is 0.544. The van der Waals surface area contributed by atoms with Gasteiger partial charge in [0.2, 0.25) is 11.5 Å². The molecule has 6 nitrogen and oxygen atoms in total. The molecular weight excluding hydrogens is 272 g/mol. The van der Waals surface area contributed by atoms with Crippen molar-refractivity contribution in [3.63, 3.8) is 0 Å². The molecule has 0 bridgehead atoms. The van der Waals surface area contributed by atoms with Crippen LogP contribution in [-0.2, 0) is 11.8 Å². The van der Waals surface area contributed by atoms with E-state index >= 15 is 0 Å². The molecule has 0 spiro atoms. The second-order valence-electron chi connectivity index (χ2n) is 4.47. The SMILES string of the molecule is COC(=O)c1ccc(C(=O)c2nn(C)c3ccccc23)o1. The Morgan fingerprint density at radius 3 is 2.62 bits per heavy atom. The molecule has 106 valence electrons. The fraction of sp³-hybridized carbons (Fsp3) is 0.133. The van der Waals surface area contributed by atoms with Gasteiger partial charge in [-0.3, -0.25) is 9.48 Å². The molecule has 6 heteroatoms. The predicted molar refractivity (Wildman–Crippen MR) is 74.2 cm³/mol. The molecule has 21 heavy (non-hydrogen) atoms. The average molecular weight is 284 g/mol. The molecule has 0 amide bonds. The number of carbonyl (C=O) groups is 2. The zero-order valence-corrected chi connectivity index (χ0v) is 11.5. The average Bonchev–Trinajstić information content (AvgIpc) is 3.12. The van der Waals surface area contributed by atoms with E-state index in [1.807, 2.05) is 24.3 Å². The van der Waals surface area contributed by atoms with Crippen LogP contribution in [0.5, 0.6) is 0 Å². The van der Waals surface area contributed by atoms with E-state index in [4.69, 9.17) is 4.42 Å². The van der Waals surface area contributed by atoms with Crippen molar-refractivity contribution in [3.05, 3.63) is 53.6 Å². The summed E-state index contributed by atoms with van der Waals surface area (Å²) in [7, 11) is 3.01. The summed E-state index contributed by atoms with van der Waals surface area (Å²) in [5.74, 6) is -0.956. The lowest BCUT2D eigenvalue weighted by Gasteiger charge is -1.95. The van der Waals surface area contributed by atoms with Crippen LogP contribution < -0.4 is 0 Å². The highest BCUT2D eigenvalue weighted by Crippen LogP contribution is 2.21. The van der Waals surface area contributed by atoms with Crippen LogP contribution in [0.25, 0.3) is 10.9 Å². The number of furan rings is 1. The minimum absolute atomic E-state index is 0.0129. The molecule has 0 saturated carbocycles. The number of benzene rings is 1. The maximum atomic E-state index is 12.5. The van der Waals surface area contributed by atoms with Crippen molar-refractivity contribution in [1.82, 2.24) is 9.78 Å². The maximum Gasteiger partial charge on any atom is 0.373 e. The maximum absolute atomic E-state index is 12.5. The third-order valence-electron chi connectivity index (χ3n) is 3.19. The molecule has 1 aromatic carbocycles. The second-order valence-corrected chi connectivity index (χ2v) is 4.47.